The van der Waals surface area contributed by atoms with Crippen LogP contribution in [0.1, 0.15) is 39.0 Å². The van der Waals surface area contributed by atoms with E-state index >= 15 is 0 Å². The number of carbonyl (C=O) groups is 1. The highest BCUT2D eigenvalue weighted by Gasteiger charge is 2.14. The number of carboxylic acid groups (broad SMARTS) is 1. The van der Waals surface area contributed by atoms with E-state index in [1.807, 2.05) is 0 Å². The van der Waals surface area contributed by atoms with Gasteiger partial charge in [0.2, 0.25) is 0 Å². The molecule has 2 N–H and O–H groups in total. The Morgan fingerprint density at radius 2 is 2.00 bits per heavy atom. The van der Waals surface area contributed by atoms with Crippen LogP contribution in [0.4, 0.5) is 0 Å². The van der Waals surface area contributed by atoms with E-state index in [0.29, 0.717) is 26.2 Å². The quantitative estimate of drug-likeness (QED) is 0.494. The van der Waals surface area contributed by atoms with Gasteiger partial charge in [-0.25, -0.2) is 0 Å². The Bertz CT molecular complexity index is 199. The van der Waals surface area contributed by atoms with Gasteiger partial charge in [-0.1, -0.05) is 19.8 Å². The first kappa shape index (κ1) is 17.4. The van der Waals surface area contributed by atoms with Crippen molar-refractivity contribution in [3.63, 3.8) is 0 Å². The number of methoxy groups -OCH3 is 1. The molecule has 0 aliphatic carbocycles. The summed E-state index contributed by atoms with van der Waals surface area (Å²) in [5, 5.41) is 12.1. The molecule has 1 unspecified atom stereocenters. The maximum Gasteiger partial charge on any atom is 0.320 e. The van der Waals surface area contributed by atoms with Gasteiger partial charge in [0.15, 0.2) is 0 Å². The van der Waals surface area contributed by atoms with Gasteiger partial charge in [0, 0.05) is 13.7 Å². The predicted molar refractivity (Wildman–Crippen MR) is 70.9 cm³/mol. The second-order valence-corrected chi connectivity index (χ2v) is 4.30. The highest BCUT2D eigenvalue weighted by atomic mass is 16.5. The zero-order valence-corrected chi connectivity index (χ0v) is 11.6. The molecule has 0 rings (SSSR count). The maximum absolute atomic E-state index is 10.9. The fourth-order valence-electron chi connectivity index (χ4n) is 1.57. The van der Waals surface area contributed by atoms with Crippen LogP contribution in [-0.4, -0.2) is 50.6 Å². The van der Waals surface area contributed by atoms with E-state index in [9.17, 15) is 4.79 Å². The van der Waals surface area contributed by atoms with E-state index in [0.717, 1.165) is 32.2 Å². The summed E-state index contributed by atoms with van der Waals surface area (Å²) in [7, 11) is 1.65. The third-order valence-electron chi connectivity index (χ3n) is 2.68. The Labute approximate surface area is 110 Å². The molecule has 0 spiro atoms. The lowest BCUT2D eigenvalue weighted by molar-refractivity contribution is -0.139. The molecular weight excluding hydrogens is 234 g/mol. The first-order chi connectivity index (χ1) is 8.72. The molecule has 0 bridgehead atoms. The van der Waals surface area contributed by atoms with Crippen LogP contribution in [0.15, 0.2) is 0 Å². The molecule has 1 atom stereocenters. The van der Waals surface area contributed by atoms with Crippen molar-refractivity contribution < 1.29 is 19.4 Å². The lowest BCUT2D eigenvalue weighted by Crippen LogP contribution is -2.37. The van der Waals surface area contributed by atoms with Crippen LogP contribution in [0, 0.1) is 0 Å². The van der Waals surface area contributed by atoms with Crippen molar-refractivity contribution in [1.29, 1.82) is 0 Å². The number of aliphatic carboxylic acids is 1. The molecular formula is C13H27NO4. The predicted octanol–water partition coefficient (Wildman–Crippen LogP) is 1.66. The molecule has 5 nitrogen and oxygen atoms in total. The molecule has 0 saturated heterocycles. The van der Waals surface area contributed by atoms with Gasteiger partial charge in [-0.2, -0.15) is 0 Å². The molecule has 0 aromatic carbocycles. The zero-order valence-electron chi connectivity index (χ0n) is 11.6. The minimum absolute atomic E-state index is 0.403. The van der Waals surface area contributed by atoms with E-state index in [1.165, 1.54) is 0 Å². The maximum atomic E-state index is 10.9. The van der Waals surface area contributed by atoms with Crippen molar-refractivity contribution in [3.05, 3.63) is 0 Å². The molecule has 0 aliphatic heterocycles. The molecule has 0 aliphatic rings. The number of hydrogen-bond donors (Lipinski definition) is 2. The average Bonchev–Trinajstić information content (AvgIpc) is 2.35. The van der Waals surface area contributed by atoms with Gasteiger partial charge in [-0.3, -0.25) is 4.79 Å². The summed E-state index contributed by atoms with van der Waals surface area (Å²) in [5.74, 6) is -0.750. The number of carboxylic acids is 1. The summed E-state index contributed by atoms with van der Waals surface area (Å²) in [5.41, 5.74) is 0. The van der Waals surface area contributed by atoms with Crippen LogP contribution in [0.3, 0.4) is 0 Å². The van der Waals surface area contributed by atoms with Gasteiger partial charge in [-0.15, -0.1) is 0 Å². The van der Waals surface area contributed by atoms with Crippen molar-refractivity contribution in [2.75, 3.05) is 33.5 Å². The Hall–Kier alpha value is -0.650. The molecule has 0 aromatic heterocycles. The van der Waals surface area contributed by atoms with Crippen LogP contribution < -0.4 is 5.32 Å². The average molecular weight is 261 g/mol. The lowest BCUT2D eigenvalue weighted by Gasteiger charge is -2.13. The van der Waals surface area contributed by atoms with Gasteiger partial charge >= 0.3 is 5.97 Å². The Morgan fingerprint density at radius 3 is 2.61 bits per heavy atom. The topological polar surface area (TPSA) is 67.8 Å². The summed E-state index contributed by atoms with van der Waals surface area (Å²) in [6.45, 7) is 4.75. The minimum Gasteiger partial charge on any atom is -0.480 e. The number of unbranched alkanes of at least 4 members (excludes halogenated alkanes) is 2. The molecule has 0 fully saturated rings. The van der Waals surface area contributed by atoms with Gasteiger partial charge in [-0.05, 0) is 25.8 Å². The highest BCUT2D eigenvalue weighted by molar-refractivity contribution is 5.73. The third kappa shape index (κ3) is 10.5. The molecule has 5 heteroatoms. The number of nitrogens with one attached hydrogen (secondary N) is 1. The minimum atomic E-state index is -0.750. The van der Waals surface area contributed by atoms with Gasteiger partial charge < -0.3 is 19.9 Å². The van der Waals surface area contributed by atoms with Crippen molar-refractivity contribution >= 4 is 5.97 Å². The number of hydrogen-bond acceptors (Lipinski definition) is 4. The second-order valence-electron chi connectivity index (χ2n) is 4.30. The molecule has 18 heavy (non-hydrogen) atoms. The standard InChI is InChI=1S/C13H27NO4/c1-3-4-7-12(13(15)16)14-8-5-6-9-18-11-10-17-2/h12,14H,3-11H2,1-2H3,(H,15,16). The van der Waals surface area contributed by atoms with Crippen LogP contribution >= 0.6 is 0 Å². The highest BCUT2D eigenvalue weighted by Crippen LogP contribution is 2.01. The number of ether oxygens (including phenoxy) is 2. The molecule has 0 radical (unpaired) electrons. The van der Waals surface area contributed by atoms with Crippen LogP contribution in [0.25, 0.3) is 0 Å². The zero-order chi connectivity index (χ0) is 13.6. The molecule has 0 saturated carbocycles. The first-order valence-corrected chi connectivity index (χ1v) is 6.75. The smallest absolute Gasteiger partial charge is 0.320 e. The van der Waals surface area contributed by atoms with Crippen molar-refractivity contribution in [2.45, 2.75) is 45.1 Å². The van der Waals surface area contributed by atoms with E-state index < -0.39 is 12.0 Å². The van der Waals surface area contributed by atoms with E-state index in [4.69, 9.17) is 14.6 Å². The SMILES string of the molecule is CCCCC(NCCCCOCCOC)C(=O)O. The Morgan fingerprint density at radius 1 is 1.22 bits per heavy atom. The first-order valence-electron chi connectivity index (χ1n) is 6.75. The van der Waals surface area contributed by atoms with Crippen molar-refractivity contribution in [2.24, 2.45) is 0 Å². The molecule has 0 amide bonds. The molecule has 0 heterocycles. The Kier molecular flexibility index (Phi) is 12.3. The fraction of sp³-hybridized carbons (Fsp3) is 0.923. The summed E-state index contributed by atoms with van der Waals surface area (Å²) in [6, 6.07) is -0.403. The van der Waals surface area contributed by atoms with Crippen molar-refractivity contribution in [1.82, 2.24) is 5.32 Å². The summed E-state index contributed by atoms with van der Waals surface area (Å²) >= 11 is 0. The normalized spacial score (nSPS) is 12.6. The van der Waals surface area contributed by atoms with E-state index in [1.54, 1.807) is 7.11 Å². The number of rotatable bonds is 13. The van der Waals surface area contributed by atoms with E-state index in [2.05, 4.69) is 12.2 Å². The van der Waals surface area contributed by atoms with Gasteiger partial charge in [0.05, 0.1) is 13.2 Å². The van der Waals surface area contributed by atoms with Gasteiger partial charge in [0.25, 0.3) is 0 Å². The summed E-state index contributed by atoms with van der Waals surface area (Å²) in [4.78, 5) is 10.9. The van der Waals surface area contributed by atoms with Gasteiger partial charge in [0.1, 0.15) is 6.04 Å². The summed E-state index contributed by atoms with van der Waals surface area (Å²) < 4.78 is 10.2. The van der Waals surface area contributed by atoms with Crippen molar-refractivity contribution in [3.8, 4) is 0 Å². The van der Waals surface area contributed by atoms with Crippen LogP contribution in [0.5, 0.6) is 0 Å². The van der Waals surface area contributed by atoms with E-state index in [-0.39, 0.29) is 0 Å². The second kappa shape index (κ2) is 12.8. The monoisotopic (exact) mass is 261 g/mol. The fourth-order valence-corrected chi connectivity index (χ4v) is 1.57. The lowest BCUT2D eigenvalue weighted by atomic mass is 10.1. The molecule has 0 aromatic rings. The third-order valence-corrected chi connectivity index (χ3v) is 2.68. The largest absolute Gasteiger partial charge is 0.480 e. The summed E-state index contributed by atoms with van der Waals surface area (Å²) in [6.07, 6.45) is 4.55. The van der Waals surface area contributed by atoms with Crippen LogP contribution in [0.2, 0.25) is 0 Å². The van der Waals surface area contributed by atoms with Crippen LogP contribution in [-0.2, 0) is 14.3 Å². The Balaban J connectivity index is 3.40. The molecule has 108 valence electrons.